The van der Waals surface area contributed by atoms with Crippen LogP contribution in [0.3, 0.4) is 0 Å². The summed E-state index contributed by atoms with van der Waals surface area (Å²) in [6.45, 7) is 0.251. The first-order valence-electron chi connectivity index (χ1n) is 8.38. The van der Waals surface area contributed by atoms with Gasteiger partial charge in [-0.1, -0.05) is 66.7 Å². The third kappa shape index (κ3) is 4.84. The Morgan fingerprint density at radius 3 is 2.15 bits per heavy atom. The summed E-state index contributed by atoms with van der Waals surface area (Å²) in [5.74, 6) is 0.414. The lowest BCUT2D eigenvalue weighted by atomic mass is 10.0. The molecular weight excluding hydrogens is 324 g/mol. The molecular formula is C23H20O3. The first-order chi connectivity index (χ1) is 12.7. The molecule has 130 valence electrons. The van der Waals surface area contributed by atoms with Gasteiger partial charge in [0.15, 0.2) is 0 Å². The molecule has 0 heterocycles. The van der Waals surface area contributed by atoms with Crippen LogP contribution in [0.25, 0.3) is 17.2 Å². The van der Waals surface area contributed by atoms with Gasteiger partial charge in [0.1, 0.15) is 12.4 Å². The zero-order valence-corrected chi connectivity index (χ0v) is 14.6. The van der Waals surface area contributed by atoms with Gasteiger partial charge in [-0.15, -0.1) is 0 Å². The van der Waals surface area contributed by atoms with Crippen molar-refractivity contribution in [3.63, 3.8) is 0 Å². The summed E-state index contributed by atoms with van der Waals surface area (Å²) in [5.41, 5.74) is 4.17. The summed E-state index contributed by atoms with van der Waals surface area (Å²) in [6.07, 6.45) is 3.15. The zero-order valence-electron chi connectivity index (χ0n) is 14.6. The SMILES string of the molecule is COc1ccc(/C=C/C(=O)OCc2ccc(-c3ccccc3)cc2)cc1. The molecule has 3 nitrogen and oxygen atoms in total. The number of esters is 1. The Bertz CT molecular complexity index is 864. The molecule has 0 saturated heterocycles. The van der Waals surface area contributed by atoms with Crippen molar-refractivity contribution in [1.29, 1.82) is 0 Å². The number of carbonyl (C=O) groups excluding carboxylic acids is 1. The van der Waals surface area contributed by atoms with E-state index in [0.717, 1.165) is 22.4 Å². The Labute approximate surface area is 153 Å². The van der Waals surface area contributed by atoms with Gasteiger partial charge in [-0.2, -0.15) is 0 Å². The molecule has 0 aliphatic rings. The summed E-state index contributed by atoms with van der Waals surface area (Å²) in [7, 11) is 1.62. The number of hydrogen-bond acceptors (Lipinski definition) is 3. The summed E-state index contributed by atoms with van der Waals surface area (Å²) in [6, 6.07) is 25.6. The number of rotatable bonds is 6. The van der Waals surface area contributed by atoms with Crippen LogP contribution < -0.4 is 4.74 Å². The lowest BCUT2D eigenvalue weighted by Gasteiger charge is -2.05. The van der Waals surface area contributed by atoms with E-state index < -0.39 is 0 Å². The van der Waals surface area contributed by atoms with Crippen molar-refractivity contribution in [2.45, 2.75) is 6.61 Å². The van der Waals surface area contributed by atoms with E-state index in [0.29, 0.717) is 0 Å². The Balaban J connectivity index is 1.53. The van der Waals surface area contributed by atoms with Gasteiger partial charge < -0.3 is 9.47 Å². The van der Waals surface area contributed by atoms with Crippen molar-refractivity contribution in [2.75, 3.05) is 7.11 Å². The van der Waals surface area contributed by atoms with Crippen LogP contribution in [0.2, 0.25) is 0 Å². The predicted octanol–water partition coefficient (Wildman–Crippen LogP) is 5.12. The first-order valence-corrected chi connectivity index (χ1v) is 8.38. The van der Waals surface area contributed by atoms with Crippen molar-refractivity contribution in [3.05, 3.63) is 96.1 Å². The molecule has 0 spiro atoms. The topological polar surface area (TPSA) is 35.5 Å². The molecule has 0 saturated carbocycles. The average Bonchev–Trinajstić information content (AvgIpc) is 2.72. The highest BCUT2D eigenvalue weighted by Crippen LogP contribution is 2.19. The number of ether oxygens (including phenoxy) is 2. The van der Waals surface area contributed by atoms with Crippen LogP contribution in [0.5, 0.6) is 5.75 Å². The maximum Gasteiger partial charge on any atom is 0.331 e. The lowest BCUT2D eigenvalue weighted by molar-refractivity contribution is -0.138. The van der Waals surface area contributed by atoms with Crippen LogP contribution in [0.15, 0.2) is 84.9 Å². The Hall–Kier alpha value is -3.33. The fraction of sp³-hybridized carbons (Fsp3) is 0.0870. The maximum atomic E-state index is 11.9. The molecule has 3 aromatic carbocycles. The third-order valence-corrected chi connectivity index (χ3v) is 3.97. The minimum Gasteiger partial charge on any atom is -0.497 e. The van der Waals surface area contributed by atoms with Crippen LogP contribution in [-0.4, -0.2) is 13.1 Å². The second kappa shape index (κ2) is 8.67. The highest BCUT2D eigenvalue weighted by Gasteiger charge is 2.01. The molecule has 26 heavy (non-hydrogen) atoms. The monoisotopic (exact) mass is 344 g/mol. The van der Waals surface area contributed by atoms with Crippen molar-refractivity contribution < 1.29 is 14.3 Å². The number of carbonyl (C=O) groups is 1. The Morgan fingerprint density at radius 1 is 0.846 bits per heavy atom. The van der Waals surface area contributed by atoms with E-state index in [2.05, 4.69) is 12.1 Å². The molecule has 0 aliphatic heterocycles. The molecule has 3 heteroatoms. The molecule has 3 aromatic rings. The summed E-state index contributed by atoms with van der Waals surface area (Å²) < 4.78 is 10.4. The minimum absolute atomic E-state index is 0.251. The van der Waals surface area contributed by atoms with E-state index in [1.165, 1.54) is 11.6 Å². The van der Waals surface area contributed by atoms with Crippen LogP contribution in [0, 0.1) is 0 Å². The number of methoxy groups -OCH3 is 1. The summed E-state index contributed by atoms with van der Waals surface area (Å²) in [4.78, 5) is 11.9. The largest absolute Gasteiger partial charge is 0.497 e. The van der Waals surface area contributed by atoms with Gasteiger partial charge in [-0.3, -0.25) is 0 Å². The Kier molecular flexibility index (Phi) is 5.84. The molecule has 0 fully saturated rings. The highest BCUT2D eigenvalue weighted by atomic mass is 16.5. The van der Waals surface area contributed by atoms with Gasteiger partial charge in [0.25, 0.3) is 0 Å². The number of hydrogen-bond donors (Lipinski definition) is 0. The van der Waals surface area contributed by atoms with E-state index in [4.69, 9.17) is 9.47 Å². The normalized spacial score (nSPS) is 10.7. The third-order valence-electron chi connectivity index (χ3n) is 3.97. The second-order valence-corrected chi connectivity index (χ2v) is 5.78. The van der Waals surface area contributed by atoms with E-state index in [1.54, 1.807) is 13.2 Å². The van der Waals surface area contributed by atoms with Crippen LogP contribution in [-0.2, 0) is 16.1 Å². The summed E-state index contributed by atoms with van der Waals surface area (Å²) in [5, 5.41) is 0. The molecule has 0 radical (unpaired) electrons. The molecule has 0 aromatic heterocycles. The quantitative estimate of drug-likeness (QED) is 0.460. The Morgan fingerprint density at radius 2 is 1.50 bits per heavy atom. The van der Waals surface area contributed by atoms with Gasteiger partial charge in [0, 0.05) is 6.08 Å². The molecule has 0 bridgehead atoms. The number of benzene rings is 3. The van der Waals surface area contributed by atoms with Gasteiger partial charge in [0.05, 0.1) is 7.11 Å². The summed E-state index contributed by atoms with van der Waals surface area (Å²) >= 11 is 0. The zero-order chi connectivity index (χ0) is 18.2. The molecule has 0 N–H and O–H groups in total. The van der Waals surface area contributed by atoms with E-state index >= 15 is 0 Å². The molecule has 3 rings (SSSR count). The van der Waals surface area contributed by atoms with Gasteiger partial charge in [0.2, 0.25) is 0 Å². The maximum absolute atomic E-state index is 11.9. The van der Waals surface area contributed by atoms with E-state index in [9.17, 15) is 4.79 Å². The highest BCUT2D eigenvalue weighted by molar-refractivity contribution is 5.87. The fourth-order valence-corrected chi connectivity index (χ4v) is 2.51. The standard InChI is InChI=1S/C23H20O3/c1-25-22-14-9-18(10-15-22)11-16-23(24)26-17-19-7-12-21(13-8-19)20-5-3-2-4-6-20/h2-16H,17H2,1H3/b16-11+. The fourth-order valence-electron chi connectivity index (χ4n) is 2.51. The average molecular weight is 344 g/mol. The minimum atomic E-state index is -0.368. The molecule has 0 unspecified atom stereocenters. The smallest absolute Gasteiger partial charge is 0.331 e. The van der Waals surface area contributed by atoms with Crippen molar-refractivity contribution in [3.8, 4) is 16.9 Å². The van der Waals surface area contributed by atoms with E-state index in [1.807, 2.05) is 66.7 Å². The van der Waals surface area contributed by atoms with Gasteiger partial charge in [-0.05, 0) is 40.5 Å². The first kappa shape index (κ1) is 17.5. The molecule has 0 aliphatic carbocycles. The second-order valence-electron chi connectivity index (χ2n) is 5.78. The van der Waals surface area contributed by atoms with Crippen molar-refractivity contribution >= 4 is 12.0 Å². The van der Waals surface area contributed by atoms with Gasteiger partial charge >= 0.3 is 5.97 Å². The van der Waals surface area contributed by atoms with Gasteiger partial charge in [-0.25, -0.2) is 4.79 Å². The lowest BCUT2D eigenvalue weighted by Crippen LogP contribution is -2.00. The van der Waals surface area contributed by atoms with E-state index in [-0.39, 0.29) is 12.6 Å². The molecule has 0 amide bonds. The van der Waals surface area contributed by atoms with Crippen molar-refractivity contribution in [2.24, 2.45) is 0 Å². The van der Waals surface area contributed by atoms with Crippen LogP contribution in [0.1, 0.15) is 11.1 Å². The molecule has 0 atom stereocenters. The predicted molar refractivity (Wildman–Crippen MR) is 104 cm³/mol. The van der Waals surface area contributed by atoms with Crippen molar-refractivity contribution in [1.82, 2.24) is 0 Å². The van der Waals surface area contributed by atoms with Crippen LogP contribution >= 0.6 is 0 Å². The van der Waals surface area contributed by atoms with Crippen LogP contribution in [0.4, 0.5) is 0 Å².